The fourth-order valence-corrected chi connectivity index (χ4v) is 2.28. The molecule has 0 aliphatic carbocycles. The molecule has 22 heavy (non-hydrogen) atoms. The zero-order valence-corrected chi connectivity index (χ0v) is 16.1. The number of unbranched alkanes of at least 4 members (excludes halogenated alkanes) is 5. The molecule has 1 unspecified atom stereocenters. The molecule has 0 aliphatic rings. The molecule has 0 saturated carbocycles. The number of quaternary nitrogens is 1. The van der Waals surface area contributed by atoms with E-state index in [1.165, 1.54) is 32.2 Å². The minimum absolute atomic E-state index is 0.202. The molecule has 0 bridgehead atoms. The highest BCUT2D eigenvalue weighted by Gasteiger charge is 2.08. The fourth-order valence-electron chi connectivity index (χ4n) is 2.28. The third kappa shape index (κ3) is 19.4. The number of nitrogens with zero attached hydrogens (tertiary/aromatic N) is 1. The van der Waals surface area contributed by atoms with Crippen LogP contribution in [0.1, 0.15) is 85.0 Å². The smallest absolute Gasteiger partial charge is 0.0780 e. The van der Waals surface area contributed by atoms with Crippen molar-refractivity contribution in [1.29, 1.82) is 0 Å². The summed E-state index contributed by atoms with van der Waals surface area (Å²) < 4.78 is 1.10. The molecule has 0 aliphatic heterocycles. The third-order valence-corrected chi connectivity index (χ3v) is 3.83. The number of hydrogen-bond acceptors (Lipinski definition) is 2. The van der Waals surface area contributed by atoms with Gasteiger partial charge in [0.15, 0.2) is 0 Å². The Hall–Kier alpha value is -0.570. The summed E-state index contributed by atoms with van der Waals surface area (Å²) in [6, 6.07) is 0. The van der Waals surface area contributed by atoms with Crippen molar-refractivity contribution in [3.05, 3.63) is 0 Å². The number of carboxylic acid groups (broad SMARTS) is 1. The molecule has 0 aromatic heterocycles. The summed E-state index contributed by atoms with van der Waals surface area (Å²) in [5.74, 6) is -1.05. The van der Waals surface area contributed by atoms with Gasteiger partial charge in [-0.15, -0.1) is 0 Å². The Labute approximate surface area is 139 Å². The van der Waals surface area contributed by atoms with Crippen molar-refractivity contribution < 1.29 is 14.4 Å². The van der Waals surface area contributed by atoms with Gasteiger partial charge < -0.3 is 14.4 Å². The van der Waals surface area contributed by atoms with Gasteiger partial charge in [0.05, 0.1) is 27.7 Å². The number of carboxylic acids is 1. The molecule has 0 heterocycles. The SMILES string of the molecule is CCCCCCC(CCCC)C(=O)[O-].CCCC[N+](C)(C)C. The van der Waals surface area contributed by atoms with Crippen LogP contribution in [0.3, 0.4) is 0 Å². The normalized spacial score (nSPS) is 12.5. The molecule has 0 N–H and O–H groups in total. The molecule has 0 saturated heterocycles. The molecule has 0 amide bonds. The van der Waals surface area contributed by atoms with E-state index in [4.69, 9.17) is 0 Å². The van der Waals surface area contributed by atoms with Crippen LogP contribution in [0.5, 0.6) is 0 Å². The Morgan fingerprint density at radius 2 is 1.32 bits per heavy atom. The number of carbonyl (C=O) groups excluding carboxylic acids is 1. The van der Waals surface area contributed by atoms with E-state index < -0.39 is 5.97 Å². The van der Waals surface area contributed by atoms with E-state index in [1.807, 2.05) is 0 Å². The van der Waals surface area contributed by atoms with Crippen molar-refractivity contribution in [3.63, 3.8) is 0 Å². The Bertz CT molecular complexity index is 246. The average Bonchev–Trinajstić information content (AvgIpc) is 2.44. The highest BCUT2D eigenvalue weighted by Crippen LogP contribution is 2.16. The predicted molar refractivity (Wildman–Crippen MR) is 94.6 cm³/mol. The van der Waals surface area contributed by atoms with Gasteiger partial charge in [-0.25, -0.2) is 0 Å². The van der Waals surface area contributed by atoms with Crippen molar-refractivity contribution in [1.82, 2.24) is 0 Å². The van der Waals surface area contributed by atoms with Crippen molar-refractivity contribution in [2.45, 2.75) is 85.0 Å². The second-order valence-corrected chi connectivity index (χ2v) is 7.38. The lowest BCUT2D eigenvalue weighted by atomic mass is 9.95. The monoisotopic (exact) mass is 315 g/mol. The van der Waals surface area contributed by atoms with E-state index in [-0.39, 0.29) is 5.92 Å². The van der Waals surface area contributed by atoms with Crippen LogP contribution in [0.25, 0.3) is 0 Å². The summed E-state index contributed by atoms with van der Waals surface area (Å²) in [5, 5.41) is 10.8. The van der Waals surface area contributed by atoms with Gasteiger partial charge in [-0.2, -0.15) is 0 Å². The standard InChI is InChI=1S/C12H24O2.C7H18N/c1-3-5-7-8-10-11(12(13)14)9-6-4-2;1-5-6-7-8(2,3)4/h11H,3-10H2,1-2H3,(H,13,14);5-7H2,1-4H3/q;+1/p-1. The highest BCUT2D eigenvalue weighted by atomic mass is 16.4. The van der Waals surface area contributed by atoms with Gasteiger partial charge in [0, 0.05) is 5.97 Å². The third-order valence-electron chi connectivity index (χ3n) is 3.83. The van der Waals surface area contributed by atoms with Gasteiger partial charge in [-0.05, 0) is 25.2 Å². The first kappa shape index (κ1) is 23.7. The van der Waals surface area contributed by atoms with Gasteiger partial charge in [-0.3, -0.25) is 0 Å². The summed E-state index contributed by atoms with van der Waals surface area (Å²) in [4.78, 5) is 10.8. The number of aliphatic carboxylic acids is 1. The second-order valence-electron chi connectivity index (χ2n) is 7.38. The summed E-state index contributed by atoms with van der Waals surface area (Å²) in [6.07, 6.45) is 11.0. The summed E-state index contributed by atoms with van der Waals surface area (Å²) in [5.41, 5.74) is 0. The molecule has 0 aromatic rings. The van der Waals surface area contributed by atoms with Gasteiger partial charge in [0.25, 0.3) is 0 Å². The van der Waals surface area contributed by atoms with Gasteiger partial charge >= 0.3 is 0 Å². The van der Waals surface area contributed by atoms with Gasteiger partial charge in [0.2, 0.25) is 0 Å². The molecule has 3 heteroatoms. The lowest BCUT2D eigenvalue weighted by Crippen LogP contribution is -2.35. The van der Waals surface area contributed by atoms with Crippen molar-refractivity contribution in [2.24, 2.45) is 5.92 Å². The van der Waals surface area contributed by atoms with Crippen LogP contribution >= 0.6 is 0 Å². The Balaban J connectivity index is 0. The fraction of sp³-hybridized carbons (Fsp3) is 0.947. The van der Waals surface area contributed by atoms with Crippen LogP contribution in [0.4, 0.5) is 0 Å². The van der Waals surface area contributed by atoms with Crippen LogP contribution in [0.2, 0.25) is 0 Å². The van der Waals surface area contributed by atoms with Crippen LogP contribution in [0.15, 0.2) is 0 Å². The largest absolute Gasteiger partial charge is 0.550 e. The number of rotatable bonds is 12. The molecular formula is C19H41NO2. The molecule has 0 spiro atoms. The highest BCUT2D eigenvalue weighted by molar-refractivity contribution is 5.67. The molecule has 0 radical (unpaired) electrons. The maximum atomic E-state index is 10.8. The van der Waals surface area contributed by atoms with Crippen LogP contribution in [0, 0.1) is 5.92 Å². The summed E-state index contributed by atoms with van der Waals surface area (Å²) >= 11 is 0. The van der Waals surface area contributed by atoms with E-state index in [0.29, 0.717) is 0 Å². The Kier molecular flexibility index (Phi) is 16.5. The number of carbonyl (C=O) groups is 1. The topological polar surface area (TPSA) is 40.1 Å². The molecular weight excluding hydrogens is 274 g/mol. The zero-order chi connectivity index (χ0) is 17.4. The van der Waals surface area contributed by atoms with Crippen LogP contribution < -0.4 is 5.11 Å². The molecule has 0 fully saturated rings. The van der Waals surface area contributed by atoms with Crippen LogP contribution in [-0.2, 0) is 4.79 Å². The Morgan fingerprint density at radius 3 is 1.68 bits per heavy atom. The molecule has 0 rings (SSSR count). The Morgan fingerprint density at radius 1 is 0.818 bits per heavy atom. The summed E-state index contributed by atoms with van der Waals surface area (Å²) in [7, 11) is 6.70. The molecule has 1 atom stereocenters. The van der Waals surface area contributed by atoms with Gasteiger partial charge in [0.1, 0.15) is 0 Å². The van der Waals surface area contributed by atoms with E-state index in [2.05, 4.69) is 41.9 Å². The molecule has 3 nitrogen and oxygen atoms in total. The average molecular weight is 316 g/mol. The predicted octanol–water partition coefficient (Wildman–Crippen LogP) is 4.01. The minimum Gasteiger partial charge on any atom is -0.550 e. The van der Waals surface area contributed by atoms with Crippen molar-refractivity contribution in [3.8, 4) is 0 Å². The number of hydrogen-bond donors (Lipinski definition) is 0. The van der Waals surface area contributed by atoms with E-state index in [9.17, 15) is 9.90 Å². The van der Waals surface area contributed by atoms with Crippen LogP contribution in [-0.4, -0.2) is 38.1 Å². The lowest BCUT2D eigenvalue weighted by molar-refractivity contribution is -0.870. The van der Waals surface area contributed by atoms with Crippen molar-refractivity contribution in [2.75, 3.05) is 27.7 Å². The quantitative estimate of drug-likeness (QED) is 0.403. The summed E-state index contributed by atoms with van der Waals surface area (Å²) in [6.45, 7) is 7.78. The first-order valence-corrected chi connectivity index (χ1v) is 9.29. The van der Waals surface area contributed by atoms with E-state index in [0.717, 1.165) is 43.0 Å². The van der Waals surface area contributed by atoms with Crippen molar-refractivity contribution >= 4 is 5.97 Å². The zero-order valence-electron chi connectivity index (χ0n) is 16.1. The molecule has 0 aromatic carbocycles. The first-order chi connectivity index (χ1) is 10.3. The van der Waals surface area contributed by atoms with E-state index >= 15 is 0 Å². The van der Waals surface area contributed by atoms with E-state index in [1.54, 1.807) is 0 Å². The second kappa shape index (κ2) is 15.3. The maximum absolute atomic E-state index is 10.8. The maximum Gasteiger partial charge on any atom is 0.0780 e. The minimum atomic E-state index is -0.852. The first-order valence-electron chi connectivity index (χ1n) is 9.29. The lowest BCUT2D eigenvalue weighted by Gasteiger charge is -2.23. The van der Waals surface area contributed by atoms with Gasteiger partial charge in [-0.1, -0.05) is 65.7 Å². The molecule has 134 valence electrons.